The van der Waals surface area contributed by atoms with Crippen LogP contribution in [0.3, 0.4) is 0 Å². The van der Waals surface area contributed by atoms with E-state index in [1.807, 2.05) is 0 Å². The predicted molar refractivity (Wildman–Crippen MR) is 76.3 cm³/mol. The molecule has 1 unspecified atom stereocenters. The molecule has 0 aromatic heterocycles. The molecule has 4 nitrogen and oxygen atoms in total. The lowest BCUT2D eigenvalue weighted by Gasteiger charge is -2.25. The Morgan fingerprint density at radius 1 is 1.19 bits per heavy atom. The number of carbonyl (C=O) groups is 2. The SMILES string of the molecule is COC1(C(=O)c2cccc(Cl)c2)OC(=O)c2ccccc21. The van der Waals surface area contributed by atoms with Gasteiger partial charge in [0.1, 0.15) is 0 Å². The zero-order valence-corrected chi connectivity index (χ0v) is 11.9. The molecule has 21 heavy (non-hydrogen) atoms. The molecule has 0 N–H and O–H groups in total. The van der Waals surface area contributed by atoms with Gasteiger partial charge >= 0.3 is 11.8 Å². The summed E-state index contributed by atoms with van der Waals surface area (Å²) < 4.78 is 10.6. The van der Waals surface area contributed by atoms with Crippen molar-refractivity contribution < 1.29 is 19.1 Å². The number of ether oxygens (including phenoxy) is 2. The van der Waals surface area contributed by atoms with Gasteiger partial charge in [-0.25, -0.2) is 4.79 Å². The van der Waals surface area contributed by atoms with E-state index in [0.29, 0.717) is 21.7 Å². The maximum Gasteiger partial charge on any atom is 0.341 e. The Labute approximate surface area is 126 Å². The highest BCUT2D eigenvalue weighted by atomic mass is 35.5. The third-order valence-corrected chi connectivity index (χ3v) is 3.65. The second-order valence-corrected chi connectivity index (χ2v) is 5.03. The van der Waals surface area contributed by atoms with Crippen LogP contribution in [0, 0.1) is 0 Å². The molecular weight excluding hydrogens is 292 g/mol. The van der Waals surface area contributed by atoms with Crippen LogP contribution in [0.15, 0.2) is 48.5 Å². The van der Waals surface area contributed by atoms with E-state index in [1.54, 1.807) is 42.5 Å². The fraction of sp³-hybridized carbons (Fsp3) is 0.125. The molecule has 0 spiro atoms. The van der Waals surface area contributed by atoms with Crippen molar-refractivity contribution in [1.82, 2.24) is 0 Å². The maximum absolute atomic E-state index is 12.8. The van der Waals surface area contributed by atoms with Gasteiger partial charge in [-0.2, -0.15) is 0 Å². The number of carbonyl (C=O) groups excluding carboxylic acids is 2. The summed E-state index contributed by atoms with van der Waals surface area (Å²) in [5.41, 5.74) is 1.05. The van der Waals surface area contributed by atoms with Crippen LogP contribution in [-0.4, -0.2) is 18.9 Å². The number of hydrogen-bond acceptors (Lipinski definition) is 4. The van der Waals surface area contributed by atoms with Crippen molar-refractivity contribution in [2.45, 2.75) is 5.79 Å². The van der Waals surface area contributed by atoms with Gasteiger partial charge in [0.05, 0.1) is 5.56 Å². The number of halogens is 1. The number of benzene rings is 2. The molecule has 2 aromatic rings. The third-order valence-electron chi connectivity index (χ3n) is 3.41. The number of Topliss-reactive ketones (excluding diaryl/α,β-unsaturated/α-hetero) is 1. The smallest absolute Gasteiger partial charge is 0.341 e. The van der Waals surface area contributed by atoms with E-state index < -0.39 is 17.5 Å². The van der Waals surface area contributed by atoms with Crippen LogP contribution in [0.2, 0.25) is 5.02 Å². The number of rotatable bonds is 3. The summed E-state index contributed by atoms with van der Waals surface area (Å²) in [4.78, 5) is 24.8. The molecule has 106 valence electrons. The number of hydrogen-bond donors (Lipinski definition) is 0. The summed E-state index contributed by atoms with van der Waals surface area (Å²) in [6, 6.07) is 13.1. The second-order valence-electron chi connectivity index (χ2n) is 4.60. The lowest BCUT2D eigenvalue weighted by Crippen LogP contribution is -2.38. The summed E-state index contributed by atoms with van der Waals surface area (Å²) >= 11 is 5.91. The zero-order valence-electron chi connectivity index (χ0n) is 11.1. The van der Waals surface area contributed by atoms with Crippen LogP contribution in [0.1, 0.15) is 26.3 Å². The first kappa shape index (κ1) is 13.8. The van der Waals surface area contributed by atoms with Crippen LogP contribution in [0.5, 0.6) is 0 Å². The number of cyclic esters (lactones) is 1. The predicted octanol–water partition coefficient (Wildman–Crippen LogP) is 3.19. The third kappa shape index (κ3) is 2.04. The highest BCUT2D eigenvalue weighted by molar-refractivity contribution is 6.31. The standard InChI is InChI=1S/C16H11ClO4/c1-20-16(14(18)10-5-4-6-11(17)9-10)13-8-3-2-7-12(13)15(19)21-16/h2-9H,1H3. The fourth-order valence-electron chi connectivity index (χ4n) is 2.42. The summed E-state index contributed by atoms with van der Waals surface area (Å²) in [7, 11) is 1.33. The minimum absolute atomic E-state index is 0.314. The average molecular weight is 303 g/mol. The molecule has 0 aliphatic carbocycles. The van der Waals surface area contributed by atoms with Gasteiger partial charge in [0.25, 0.3) is 0 Å². The van der Waals surface area contributed by atoms with Crippen LogP contribution in [0.25, 0.3) is 0 Å². The fourth-order valence-corrected chi connectivity index (χ4v) is 2.61. The molecule has 1 heterocycles. The van der Waals surface area contributed by atoms with E-state index in [-0.39, 0.29) is 0 Å². The monoisotopic (exact) mass is 302 g/mol. The van der Waals surface area contributed by atoms with Gasteiger partial charge in [0.15, 0.2) is 0 Å². The first-order chi connectivity index (χ1) is 10.1. The maximum atomic E-state index is 12.8. The van der Waals surface area contributed by atoms with Gasteiger partial charge in [-0.1, -0.05) is 41.9 Å². The Bertz CT molecular complexity index is 741. The van der Waals surface area contributed by atoms with Crippen molar-refractivity contribution in [3.63, 3.8) is 0 Å². The highest BCUT2D eigenvalue weighted by Crippen LogP contribution is 2.39. The molecule has 0 amide bonds. The molecular formula is C16H11ClO4. The molecule has 1 aliphatic heterocycles. The Morgan fingerprint density at radius 2 is 1.95 bits per heavy atom. The van der Waals surface area contributed by atoms with Crippen molar-refractivity contribution in [3.8, 4) is 0 Å². The summed E-state index contributed by atoms with van der Waals surface area (Å²) in [6.45, 7) is 0. The lowest BCUT2D eigenvalue weighted by atomic mass is 9.94. The van der Waals surface area contributed by atoms with Crippen molar-refractivity contribution in [2.24, 2.45) is 0 Å². The minimum Gasteiger partial charge on any atom is -0.417 e. The van der Waals surface area contributed by atoms with Gasteiger partial charge < -0.3 is 9.47 Å². The van der Waals surface area contributed by atoms with Crippen LogP contribution in [0.4, 0.5) is 0 Å². The van der Waals surface area contributed by atoms with Gasteiger partial charge in [-0.05, 0) is 18.2 Å². The quantitative estimate of drug-likeness (QED) is 0.645. The molecule has 0 saturated carbocycles. The molecule has 3 rings (SSSR count). The zero-order chi connectivity index (χ0) is 15.0. The topological polar surface area (TPSA) is 52.6 Å². The highest BCUT2D eigenvalue weighted by Gasteiger charge is 2.52. The molecule has 0 radical (unpaired) electrons. The van der Waals surface area contributed by atoms with E-state index in [9.17, 15) is 9.59 Å². The van der Waals surface area contributed by atoms with Crippen LogP contribution >= 0.6 is 11.6 Å². The van der Waals surface area contributed by atoms with Gasteiger partial charge in [0, 0.05) is 23.3 Å². The van der Waals surface area contributed by atoms with Crippen LogP contribution in [-0.2, 0) is 15.3 Å². The van der Waals surface area contributed by atoms with E-state index in [2.05, 4.69) is 0 Å². The Kier molecular flexibility index (Phi) is 3.27. The average Bonchev–Trinajstić information content (AvgIpc) is 2.81. The molecule has 1 aliphatic rings. The van der Waals surface area contributed by atoms with Crippen molar-refractivity contribution in [2.75, 3.05) is 7.11 Å². The molecule has 0 saturated heterocycles. The van der Waals surface area contributed by atoms with Crippen molar-refractivity contribution in [1.29, 1.82) is 0 Å². The van der Waals surface area contributed by atoms with E-state index in [0.717, 1.165) is 0 Å². The molecule has 0 fully saturated rings. The van der Waals surface area contributed by atoms with E-state index >= 15 is 0 Å². The van der Waals surface area contributed by atoms with Crippen LogP contribution < -0.4 is 0 Å². The summed E-state index contributed by atoms with van der Waals surface area (Å²) in [6.07, 6.45) is 0. The Morgan fingerprint density at radius 3 is 2.67 bits per heavy atom. The molecule has 5 heteroatoms. The normalized spacial score (nSPS) is 20.0. The minimum atomic E-state index is -1.75. The number of fused-ring (bicyclic) bond motifs is 1. The number of esters is 1. The van der Waals surface area contributed by atoms with Gasteiger partial charge in [-0.15, -0.1) is 0 Å². The van der Waals surface area contributed by atoms with E-state index in [4.69, 9.17) is 21.1 Å². The van der Waals surface area contributed by atoms with Crippen molar-refractivity contribution >= 4 is 23.4 Å². The number of ketones is 1. The Balaban J connectivity index is 2.15. The summed E-state index contributed by atoms with van der Waals surface area (Å²) in [5, 5.41) is 0.421. The largest absolute Gasteiger partial charge is 0.417 e. The molecule has 0 bridgehead atoms. The number of methoxy groups -OCH3 is 1. The first-order valence-electron chi connectivity index (χ1n) is 6.27. The lowest BCUT2D eigenvalue weighted by molar-refractivity contribution is -0.149. The summed E-state index contributed by atoms with van der Waals surface area (Å²) in [5.74, 6) is -2.80. The van der Waals surface area contributed by atoms with Gasteiger partial charge in [-0.3, -0.25) is 4.79 Å². The molecule has 1 atom stereocenters. The Hall–Kier alpha value is -2.17. The van der Waals surface area contributed by atoms with E-state index in [1.165, 1.54) is 13.2 Å². The molecule has 2 aromatic carbocycles. The first-order valence-corrected chi connectivity index (χ1v) is 6.64. The van der Waals surface area contributed by atoms with Gasteiger partial charge in [0.2, 0.25) is 5.78 Å². The van der Waals surface area contributed by atoms with Crippen molar-refractivity contribution in [3.05, 3.63) is 70.2 Å². The second kappa shape index (κ2) is 4.98.